The third-order valence-electron chi connectivity index (χ3n) is 2.47. The molecule has 1 aromatic rings. The summed E-state index contributed by atoms with van der Waals surface area (Å²) in [5, 5.41) is 2.91. The van der Waals surface area contributed by atoms with Crippen molar-refractivity contribution in [3.8, 4) is 0 Å². The summed E-state index contributed by atoms with van der Waals surface area (Å²) in [6, 6.07) is 7.85. The molecule has 0 unspecified atom stereocenters. The number of likely N-dealkylation sites (tertiary alicyclic amines) is 1. The number of amides is 2. The van der Waals surface area contributed by atoms with Crippen LogP contribution in [-0.2, 0) is 0 Å². The molecule has 15 heavy (non-hydrogen) atoms. The van der Waals surface area contributed by atoms with Crippen LogP contribution in [0.25, 0.3) is 0 Å². The Labute approximate surface area is 103 Å². The van der Waals surface area contributed by atoms with Crippen molar-refractivity contribution < 1.29 is 4.79 Å². The van der Waals surface area contributed by atoms with Gasteiger partial charge in [0.1, 0.15) is 0 Å². The van der Waals surface area contributed by atoms with Crippen LogP contribution in [0.15, 0.2) is 24.3 Å². The minimum absolute atomic E-state index is 0.0227. The Morgan fingerprint density at radius 2 is 2.07 bits per heavy atom. The van der Waals surface area contributed by atoms with E-state index in [0.29, 0.717) is 0 Å². The fraction of sp³-hybridized carbons (Fsp3) is 0.364. The topological polar surface area (TPSA) is 32.3 Å². The minimum Gasteiger partial charge on any atom is -0.325 e. The first-order chi connectivity index (χ1) is 7.25. The molecule has 2 rings (SSSR count). The SMILES string of the molecule is O=C(Nc1cccc(I)c1)N1CCCC1. The summed E-state index contributed by atoms with van der Waals surface area (Å²) >= 11 is 2.24. The molecule has 1 fully saturated rings. The van der Waals surface area contributed by atoms with Gasteiger partial charge in [0.15, 0.2) is 0 Å². The number of benzene rings is 1. The monoisotopic (exact) mass is 316 g/mol. The number of carbonyl (C=O) groups excluding carboxylic acids is 1. The molecule has 0 radical (unpaired) electrons. The maximum atomic E-state index is 11.7. The van der Waals surface area contributed by atoms with Crippen molar-refractivity contribution in [3.63, 3.8) is 0 Å². The van der Waals surface area contributed by atoms with Gasteiger partial charge in [-0.15, -0.1) is 0 Å². The van der Waals surface area contributed by atoms with Crippen LogP contribution in [0.1, 0.15) is 12.8 Å². The van der Waals surface area contributed by atoms with Gasteiger partial charge in [-0.3, -0.25) is 0 Å². The molecule has 1 heterocycles. The number of halogens is 1. The number of anilines is 1. The summed E-state index contributed by atoms with van der Waals surface area (Å²) < 4.78 is 1.13. The molecule has 2 amide bonds. The predicted octanol–water partition coefficient (Wildman–Crippen LogP) is 2.92. The van der Waals surface area contributed by atoms with Crippen molar-refractivity contribution in [1.82, 2.24) is 4.90 Å². The maximum absolute atomic E-state index is 11.7. The standard InChI is InChI=1S/C11H13IN2O/c12-9-4-3-5-10(8-9)13-11(15)14-6-1-2-7-14/h3-5,8H,1-2,6-7H2,(H,13,15). The van der Waals surface area contributed by atoms with Gasteiger partial charge in [-0.05, 0) is 53.6 Å². The third-order valence-corrected chi connectivity index (χ3v) is 3.14. The van der Waals surface area contributed by atoms with E-state index >= 15 is 0 Å². The molecule has 1 aromatic carbocycles. The quantitative estimate of drug-likeness (QED) is 0.794. The number of hydrogen-bond donors (Lipinski definition) is 1. The second-order valence-corrected chi connectivity index (χ2v) is 4.88. The van der Waals surface area contributed by atoms with Gasteiger partial charge in [-0.25, -0.2) is 4.79 Å². The van der Waals surface area contributed by atoms with Crippen LogP contribution in [0.5, 0.6) is 0 Å². The maximum Gasteiger partial charge on any atom is 0.321 e. The first-order valence-corrected chi connectivity index (χ1v) is 6.15. The average molecular weight is 316 g/mol. The third kappa shape index (κ3) is 2.84. The van der Waals surface area contributed by atoms with Gasteiger partial charge in [0.05, 0.1) is 0 Å². The summed E-state index contributed by atoms with van der Waals surface area (Å²) in [6.07, 6.45) is 2.25. The highest BCUT2D eigenvalue weighted by molar-refractivity contribution is 14.1. The summed E-state index contributed by atoms with van der Waals surface area (Å²) in [6.45, 7) is 1.77. The molecule has 0 aromatic heterocycles. The highest BCUT2D eigenvalue weighted by Gasteiger charge is 2.17. The summed E-state index contributed by atoms with van der Waals surface area (Å²) in [5.41, 5.74) is 0.874. The molecule has 3 nitrogen and oxygen atoms in total. The zero-order valence-corrected chi connectivity index (χ0v) is 10.5. The smallest absolute Gasteiger partial charge is 0.321 e. The predicted molar refractivity (Wildman–Crippen MR) is 69.0 cm³/mol. The molecule has 0 atom stereocenters. The second kappa shape index (κ2) is 4.83. The molecule has 1 saturated heterocycles. The molecule has 0 aliphatic carbocycles. The van der Waals surface area contributed by atoms with E-state index in [-0.39, 0.29) is 6.03 Å². The molecule has 4 heteroatoms. The summed E-state index contributed by atoms with van der Waals surface area (Å²) in [4.78, 5) is 13.6. The van der Waals surface area contributed by atoms with Crippen LogP contribution in [0.3, 0.4) is 0 Å². The fourth-order valence-electron chi connectivity index (χ4n) is 1.69. The molecule has 0 saturated carbocycles. The minimum atomic E-state index is 0.0227. The lowest BCUT2D eigenvalue weighted by Crippen LogP contribution is -2.32. The summed E-state index contributed by atoms with van der Waals surface area (Å²) in [5.74, 6) is 0. The van der Waals surface area contributed by atoms with E-state index in [1.54, 1.807) is 0 Å². The highest BCUT2D eigenvalue weighted by atomic mass is 127. The second-order valence-electron chi connectivity index (χ2n) is 3.63. The lowest BCUT2D eigenvalue weighted by Gasteiger charge is -2.16. The van der Waals surface area contributed by atoms with Crippen LogP contribution in [0.4, 0.5) is 10.5 Å². The van der Waals surface area contributed by atoms with Gasteiger partial charge in [0, 0.05) is 22.3 Å². The number of carbonyl (C=O) groups is 1. The Hall–Kier alpha value is -0.780. The van der Waals surface area contributed by atoms with Crippen molar-refractivity contribution in [3.05, 3.63) is 27.8 Å². The number of nitrogens with one attached hydrogen (secondary N) is 1. The molecule has 1 aliphatic heterocycles. The van der Waals surface area contributed by atoms with Gasteiger partial charge in [0.25, 0.3) is 0 Å². The molecule has 0 spiro atoms. The van der Waals surface area contributed by atoms with Crippen LogP contribution in [0, 0.1) is 3.57 Å². The van der Waals surface area contributed by atoms with Crippen molar-refractivity contribution in [1.29, 1.82) is 0 Å². The molecule has 1 N–H and O–H groups in total. The van der Waals surface area contributed by atoms with E-state index in [0.717, 1.165) is 35.2 Å². The van der Waals surface area contributed by atoms with Gasteiger partial charge in [-0.2, -0.15) is 0 Å². The lowest BCUT2D eigenvalue weighted by atomic mass is 10.3. The Balaban J connectivity index is 1.99. The van der Waals surface area contributed by atoms with E-state index in [1.165, 1.54) is 0 Å². The number of hydrogen-bond acceptors (Lipinski definition) is 1. The van der Waals surface area contributed by atoms with Crippen molar-refractivity contribution in [2.75, 3.05) is 18.4 Å². The van der Waals surface area contributed by atoms with E-state index in [2.05, 4.69) is 27.9 Å². The molecule has 80 valence electrons. The van der Waals surface area contributed by atoms with E-state index in [1.807, 2.05) is 29.2 Å². The van der Waals surface area contributed by atoms with Crippen LogP contribution in [-0.4, -0.2) is 24.0 Å². The number of nitrogens with zero attached hydrogens (tertiary/aromatic N) is 1. The molecule has 1 aliphatic rings. The Bertz CT molecular complexity index is 361. The van der Waals surface area contributed by atoms with Gasteiger partial charge in [0.2, 0.25) is 0 Å². The fourth-order valence-corrected chi connectivity index (χ4v) is 2.23. The number of urea groups is 1. The van der Waals surface area contributed by atoms with Crippen LogP contribution in [0.2, 0.25) is 0 Å². The van der Waals surface area contributed by atoms with E-state index < -0.39 is 0 Å². The Morgan fingerprint density at radius 3 is 2.73 bits per heavy atom. The average Bonchev–Trinajstić information content (AvgIpc) is 2.70. The van der Waals surface area contributed by atoms with Crippen molar-refractivity contribution in [2.24, 2.45) is 0 Å². The lowest BCUT2D eigenvalue weighted by molar-refractivity contribution is 0.222. The zero-order valence-electron chi connectivity index (χ0n) is 8.37. The van der Waals surface area contributed by atoms with Crippen LogP contribution < -0.4 is 5.32 Å². The molecule has 0 bridgehead atoms. The Kier molecular flexibility index (Phi) is 3.45. The largest absolute Gasteiger partial charge is 0.325 e. The Morgan fingerprint density at radius 1 is 1.33 bits per heavy atom. The zero-order chi connectivity index (χ0) is 10.7. The molecular formula is C11H13IN2O. The van der Waals surface area contributed by atoms with Gasteiger partial charge in [-0.1, -0.05) is 6.07 Å². The first-order valence-electron chi connectivity index (χ1n) is 5.07. The first kappa shape index (κ1) is 10.7. The highest BCUT2D eigenvalue weighted by Crippen LogP contribution is 2.14. The van der Waals surface area contributed by atoms with Crippen molar-refractivity contribution in [2.45, 2.75) is 12.8 Å². The van der Waals surface area contributed by atoms with Crippen LogP contribution >= 0.6 is 22.6 Å². The van der Waals surface area contributed by atoms with E-state index in [9.17, 15) is 4.79 Å². The van der Waals surface area contributed by atoms with Gasteiger partial charge >= 0.3 is 6.03 Å². The normalized spacial score (nSPS) is 15.4. The molecular weight excluding hydrogens is 303 g/mol. The summed E-state index contributed by atoms with van der Waals surface area (Å²) in [7, 11) is 0. The number of rotatable bonds is 1. The van der Waals surface area contributed by atoms with Gasteiger partial charge < -0.3 is 10.2 Å². The van der Waals surface area contributed by atoms with Crippen molar-refractivity contribution >= 4 is 34.3 Å². The van der Waals surface area contributed by atoms with E-state index in [4.69, 9.17) is 0 Å².